The molecule has 0 aromatic heterocycles. The Hall–Kier alpha value is -1.54. The first-order chi connectivity index (χ1) is 8.65. The minimum atomic E-state index is -4.45. The van der Waals surface area contributed by atoms with Crippen LogP contribution in [-0.4, -0.2) is 25.5 Å². The fraction of sp³-hybridized carbons (Fsp3) is 0.364. The summed E-state index contributed by atoms with van der Waals surface area (Å²) in [6.07, 6.45) is 0. The summed E-state index contributed by atoms with van der Waals surface area (Å²) in [6.45, 7) is 2.98. The first-order valence-corrected chi connectivity index (χ1v) is 6.83. The number of aliphatic carboxylic acids is 1. The number of carboxylic acid groups (broad SMARTS) is 1. The van der Waals surface area contributed by atoms with Gasteiger partial charge in [0.05, 0.1) is 0 Å². The maximum absolute atomic E-state index is 13.4. The van der Waals surface area contributed by atoms with Gasteiger partial charge in [-0.05, 0) is 24.1 Å². The third-order valence-electron chi connectivity index (χ3n) is 2.40. The van der Waals surface area contributed by atoms with Crippen molar-refractivity contribution in [2.45, 2.75) is 24.8 Å². The molecule has 0 fully saturated rings. The number of hydrogen-bond acceptors (Lipinski definition) is 3. The third kappa shape index (κ3) is 3.71. The number of nitrogens with one attached hydrogen (secondary N) is 1. The lowest BCUT2D eigenvalue weighted by molar-refractivity contribution is -0.140. The van der Waals surface area contributed by atoms with E-state index in [2.05, 4.69) is 0 Å². The van der Waals surface area contributed by atoms with E-state index in [9.17, 15) is 22.0 Å². The van der Waals surface area contributed by atoms with Crippen molar-refractivity contribution in [3.63, 3.8) is 0 Å². The van der Waals surface area contributed by atoms with Gasteiger partial charge in [-0.15, -0.1) is 0 Å². The molecule has 8 heteroatoms. The zero-order valence-electron chi connectivity index (χ0n) is 10.2. The van der Waals surface area contributed by atoms with Gasteiger partial charge in [0.2, 0.25) is 10.0 Å². The van der Waals surface area contributed by atoms with E-state index in [4.69, 9.17) is 5.11 Å². The Morgan fingerprint density at radius 3 is 2.37 bits per heavy atom. The summed E-state index contributed by atoms with van der Waals surface area (Å²) in [6, 6.07) is 0.505. The van der Waals surface area contributed by atoms with E-state index in [0.717, 1.165) is 6.07 Å². The number of carbonyl (C=O) groups is 1. The van der Waals surface area contributed by atoms with Gasteiger partial charge < -0.3 is 5.11 Å². The van der Waals surface area contributed by atoms with Crippen LogP contribution in [0.15, 0.2) is 23.1 Å². The fourth-order valence-electron chi connectivity index (χ4n) is 1.39. The third-order valence-corrected chi connectivity index (χ3v) is 3.85. The van der Waals surface area contributed by atoms with Crippen molar-refractivity contribution in [1.29, 1.82) is 0 Å². The van der Waals surface area contributed by atoms with E-state index in [1.165, 1.54) is 13.8 Å². The van der Waals surface area contributed by atoms with Crippen molar-refractivity contribution in [3.8, 4) is 0 Å². The molecule has 0 saturated heterocycles. The van der Waals surface area contributed by atoms with Crippen molar-refractivity contribution < 1.29 is 27.1 Å². The van der Waals surface area contributed by atoms with Gasteiger partial charge in [-0.3, -0.25) is 4.79 Å². The molecule has 0 bridgehead atoms. The highest BCUT2D eigenvalue weighted by molar-refractivity contribution is 7.89. The van der Waals surface area contributed by atoms with Crippen molar-refractivity contribution in [1.82, 2.24) is 4.72 Å². The standard InChI is InChI=1S/C11H13F2NO4S/c1-6(2)10(11(15)16)14-19(17,18)9-5-7(12)3-4-8(9)13/h3-6,10,14H,1-2H3,(H,15,16)/t10-/m0/s1. The molecule has 5 nitrogen and oxygen atoms in total. The number of benzene rings is 1. The fourth-order valence-corrected chi connectivity index (χ4v) is 2.81. The van der Waals surface area contributed by atoms with Crippen LogP contribution in [0.1, 0.15) is 13.8 Å². The summed E-state index contributed by atoms with van der Waals surface area (Å²) < 4.78 is 51.9. The van der Waals surface area contributed by atoms with Crippen LogP contribution >= 0.6 is 0 Å². The van der Waals surface area contributed by atoms with E-state index < -0.39 is 44.5 Å². The molecule has 0 aliphatic carbocycles. The molecule has 1 aromatic rings. The minimum absolute atomic E-state index is 0.497. The molecular weight excluding hydrogens is 280 g/mol. The highest BCUT2D eigenvalue weighted by Gasteiger charge is 2.29. The molecular formula is C11H13F2NO4S. The van der Waals surface area contributed by atoms with Gasteiger partial charge in [0.15, 0.2) is 0 Å². The summed E-state index contributed by atoms with van der Waals surface area (Å²) in [5, 5.41) is 8.88. The zero-order chi connectivity index (χ0) is 14.8. The maximum atomic E-state index is 13.4. The van der Waals surface area contributed by atoms with Crippen molar-refractivity contribution in [2.75, 3.05) is 0 Å². The summed E-state index contributed by atoms with van der Waals surface area (Å²) >= 11 is 0. The van der Waals surface area contributed by atoms with Gasteiger partial charge in [-0.1, -0.05) is 13.8 Å². The molecule has 0 amide bonds. The predicted octanol–water partition coefficient (Wildman–Crippen LogP) is 1.35. The second kappa shape index (κ2) is 5.62. The quantitative estimate of drug-likeness (QED) is 0.858. The molecule has 0 unspecified atom stereocenters. The minimum Gasteiger partial charge on any atom is -0.480 e. The number of sulfonamides is 1. The van der Waals surface area contributed by atoms with E-state index in [-0.39, 0.29) is 0 Å². The van der Waals surface area contributed by atoms with Crippen molar-refractivity contribution >= 4 is 16.0 Å². The lowest BCUT2D eigenvalue weighted by Gasteiger charge is -2.18. The largest absolute Gasteiger partial charge is 0.480 e. The van der Waals surface area contributed by atoms with Crippen LogP contribution in [0.2, 0.25) is 0 Å². The molecule has 0 aliphatic heterocycles. The first kappa shape index (κ1) is 15.5. The highest BCUT2D eigenvalue weighted by atomic mass is 32.2. The van der Waals surface area contributed by atoms with Crippen LogP contribution in [-0.2, 0) is 14.8 Å². The molecule has 0 aliphatic rings. The Bertz CT molecular complexity index is 586. The van der Waals surface area contributed by atoms with Crippen LogP contribution in [0, 0.1) is 17.6 Å². The summed E-state index contributed by atoms with van der Waals surface area (Å²) in [5.74, 6) is -4.03. The summed E-state index contributed by atoms with van der Waals surface area (Å²) in [4.78, 5) is 9.99. The van der Waals surface area contributed by atoms with E-state index in [1.54, 1.807) is 0 Å². The highest BCUT2D eigenvalue weighted by Crippen LogP contribution is 2.17. The smallest absolute Gasteiger partial charge is 0.322 e. The Morgan fingerprint density at radius 2 is 1.89 bits per heavy atom. The van der Waals surface area contributed by atoms with Gasteiger partial charge in [0.25, 0.3) is 0 Å². The monoisotopic (exact) mass is 293 g/mol. The Morgan fingerprint density at radius 1 is 1.32 bits per heavy atom. The summed E-state index contributed by atoms with van der Waals surface area (Å²) in [5.41, 5.74) is 0. The van der Waals surface area contributed by atoms with Crippen molar-refractivity contribution in [3.05, 3.63) is 29.8 Å². The number of hydrogen-bond donors (Lipinski definition) is 2. The first-order valence-electron chi connectivity index (χ1n) is 5.35. The van der Waals surface area contributed by atoms with Crippen LogP contribution in [0.4, 0.5) is 8.78 Å². The van der Waals surface area contributed by atoms with Gasteiger partial charge in [0, 0.05) is 0 Å². The number of carboxylic acids is 1. The molecule has 106 valence electrons. The second-order valence-electron chi connectivity index (χ2n) is 4.26. The topological polar surface area (TPSA) is 83.5 Å². The van der Waals surface area contributed by atoms with Gasteiger partial charge in [-0.2, -0.15) is 4.72 Å². The molecule has 19 heavy (non-hydrogen) atoms. The predicted molar refractivity (Wildman–Crippen MR) is 62.9 cm³/mol. The molecule has 0 saturated carbocycles. The Balaban J connectivity index is 3.17. The second-order valence-corrected chi connectivity index (χ2v) is 5.94. The van der Waals surface area contributed by atoms with Gasteiger partial charge >= 0.3 is 5.97 Å². The van der Waals surface area contributed by atoms with Gasteiger partial charge in [-0.25, -0.2) is 17.2 Å². The van der Waals surface area contributed by atoms with Gasteiger partial charge in [0.1, 0.15) is 22.6 Å². The molecule has 1 aromatic carbocycles. The molecule has 1 rings (SSSR count). The average Bonchev–Trinajstić information content (AvgIpc) is 2.28. The maximum Gasteiger partial charge on any atom is 0.322 e. The normalized spacial score (nSPS) is 13.5. The van der Waals surface area contributed by atoms with Crippen LogP contribution in [0.25, 0.3) is 0 Å². The molecule has 0 radical (unpaired) electrons. The molecule has 1 atom stereocenters. The van der Waals surface area contributed by atoms with Crippen LogP contribution in [0.5, 0.6) is 0 Å². The van der Waals surface area contributed by atoms with E-state index >= 15 is 0 Å². The molecule has 0 spiro atoms. The Kier molecular flexibility index (Phi) is 4.59. The lowest BCUT2D eigenvalue weighted by Crippen LogP contribution is -2.44. The molecule has 0 heterocycles. The Labute approximate surface area is 109 Å². The SMILES string of the molecule is CC(C)[C@H](NS(=O)(=O)c1cc(F)ccc1F)C(=O)O. The molecule has 2 N–H and O–H groups in total. The summed E-state index contributed by atoms with van der Waals surface area (Å²) in [7, 11) is -4.45. The number of rotatable bonds is 5. The zero-order valence-corrected chi connectivity index (χ0v) is 11.0. The average molecular weight is 293 g/mol. The van der Waals surface area contributed by atoms with Crippen LogP contribution in [0.3, 0.4) is 0 Å². The van der Waals surface area contributed by atoms with E-state index in [1.807, 2.05) is 4.72 Å². The van der Waals surface area contributed by atoms with Crippen molar-refractivity contribution in [2.24, 2.45) is 5.92 Å². The van der Waals surface area contributed by atoms with E-state index in [0.29, 0.717) is 12.1 Å². The lowest BCUT2D eigenvalue weighted by atomic mass is 10.1. The van der Waals surface area contributed by atoms with Crippen LogP contribution < -0.4 is 4.72 Å². The number of halogens is 2.